The molecule has 4 amide bonds. The molecule has 0 spiro atoms. The molecule has 0 saturated carbocycles. The molecule has 2 aliphatic rings. The minimum atomic E-state index is -3.52. The quantitative estimate of drug-likeness (QED) is 0.0217. The van der Waals surface area contributed by atoms with Crippen molar-refractivity contribution >= 4 is 74.6 Å². The summed E-state index contributed by atoms with van der Waals surface area (Å²) in [6, 6.07) is 14.9. The summed E-state index contributed by atoms with van der Waals surface area (Å²) in [4.78, 5) is 102. The summed E-state index contributed by atoms with van der Waals surface area (Å²) in [7, 11) is -3.52. The Hall–Kier alpha value is -8.75. The third-order valence-corrected chi connectivity index (χ3v) is 15.5. The fourth-order valence-corrected chi connectivity index (χ4v) is 10.9. The number of carbonyl (C=O) groups excluding carboxylic acids is 6. The van der Waals surface area contributed by atoms with Gasteiger partial charge in [0.2, 0.25) is 39.8 Å². The number of H-pyrrole nitrogens is 1. The van der Waals surface area contributed by atoms with Crippen molar-refractivity contribution in [2.45, 2.75) is 123 Å². The molecule has 5 N–H and O–H groups in total. The molecule has 0 radical (unpaired) electrons. The van der Waals surface area contributed by atoms with Crippen LogP contribution in [0.5, 0.6) is 0 Å². The number of benzene rings is 2. The Labute approximate surface area is 506 Å². The first-order valence-corrected chi connectivity index (χ1v) is 30.1. The number of aromatic amines is 1. The largest absolute Gasteiger partial charge is 0.509 e. The van der Waals surface area contributed by atoms with Gasteiger partial charge >= 0.3 is 12.1 Å². The van der Waals surface area contributed by atoms with E-state index in [1.807, 2.05) is 38.1 Å². The number of fused-ring (bicyclic) bond motifs is 5. The van der Waals surface area contributed by atoms with Gasteiger partial charge in [-0.15, -0.1) is 5.10 Å². The van der Waals surface area contributed by atoms with Crippen molar-refractivity contribution in [2.75, 3.05) is 44.5 Å². The molecule has 0 fully saturated rings. The maximum atomic E-state index is 14.1. The average molecular weight is 1230 g/mol. The summed E-state index contributed by atoms with van der Waals surface area (Å²) >= 11 is 4.92. The number of carbonyl (C=O) groups is 6. The van der Waals surface area contributed by atoms with E-state index in [1.54, 1.807) is 69.2 Å². The highest BCUT2D eigenvalue weighted by molar-refractivity contribution is 7.88. The first-order chi connectivity index (χ1) is 41.3. The van der Waals surface area contributed by atoms with Crippen LogP contribution in [0.2, 0.25) is 0 Å². The second-order valence-electron chi connectivity index (χ2n) is 22.3. The molecule has 1 atom stereocenters. The molecule has 0 bridgehead atoms. The highest BCUT2D eigenvalue weighted by Gasteiger charge is 2.39. The molecular formula is C59H68N12O14S2. The third-order valence-electron chi connectivity index (χ3n) is 13.8. The van der Waals surface area contributed by atoms with E-state index in [0.717, 1.165) is 16.5 Å². The van der Waals surface area contributed by atoms with Crippen molar-refractivity contribution in [1.29, 1.82) is 0 Å². The Morgan fingerprint density at radius 2 is 1.74 bits per heavy atom. The molecule has 460 valence electrons. The lowest BCUT2D eigenvalue weighted by Crippen LogP contribution is -2.50. The maximum Gasteiger partial charge on any atom is 0.509 e. The number of hydrogen-bond acceptors (Lipinski definition) is 19. The van der Waals surface area contributed by atoms with Crippen LogP contribution in [0, 0.1) is 16.6 Å². The van der Waals surface area contributed by atoms with E-state index in [2.05, 4.69) is 53.4 Å². The number of hydrogen-bond donors (Lipinski definition) is 5. The number of pyridine rings is 2. The normalized spacial score (nSPS) is 13.6. The molecule has 2 aliphatic heterocycles. The lowest BCUT2D eigenvalue weighted by molar-refractivity contribution is -0.159. The third kappa shape index (κ3) is 17.7. The fraction of sp³-hybridized carbons (Fsp3) is 0.424. The van der Waals surface area contributed by atoms with Gasteiger partial charge in [-0.2, -0.15) is 4.31 Å². The number of anilines is 1. The summed E-state index contributed by atoms with van der Waals surface area (Å²) in [5.41, 5.74) is 3.41. The van der Waals surface area contributed by atoms with Crippen molar-refractivity contribution < 1.29 is 60.9 Å². The van der Waals surface area contributed by atoms with Gasteiger partial charge in [-0.05, 0) is 102 Å². The van der Waals surface area contributed by atoms with Gasteiger partial charge in [0.15, 0.2) is 4.77 Å². The molecule has 8 rings (SSSR count). The number of amides is 4. The van der Waals surface area contributed by atoms with Gasteiger partial charge in [0.1, 0.15) is 32.1 Å². The van der Waals surface area contributed by atoms with Gasteiger partial charge in [0.25, 0.3) is 5.56 Å². The smallest absolute Gasteiger partial charge is 0.458 e. The Kier molecular flexibility index (Phi) is 20.8. The Morgan fingerprint density at radius 1 is 0.977 bits per heavy atom. The number of nitrogens with one attached hydrogen (secondary N) is 5. The number of para-hydroxylation sites is 1. The summed E-state index contributed by atoms with van der Waals surface area (Å²) in [5.74, 6) is 3.24. The number of cyclic esters (lactones) is 1. The standard InChI is InChI=1S/C59H68N12O14S2/c1-36(2)71(87(7,79)80)22-21-41-42-14-11-12-15-46(42)65-52-44(41)29-70-47(52)23-43-45(54(70)76)31-82-55(77)53(43)85-57(78)83-30-37-17-19-39(20-18-37)64-49(73)27-61-50(74)32-81-33-51(75)66-58(3,4)35-84-59(5,6)34-69-28-40(67-68-69)26-60-48(72)16-10-8-9-13-38-24-62-56(86)63-25-38/h11-12,14-15,17-20,23-25,28,36,53H,8,10,16,21-22,26-27,29-35H2,1-7H3,(H,60,72)(H,61,74)(H,64,73)(H,66,75)(H,62,63,86)/t53-/m0/s1. The zero-order valence-corrected chi connectivity index (χ0v) is 50.8. The predicted octanol–water partition coefficient (Wildman–Crippen LogP) is 4.43. The lowest BCUT2D eigenvalue weighted by Gasteiger charge is -2.32. The van der Waals surface area contributed by atoms with Gasteiger partial charge in [-0.3, -0.25) is 24.0 Å². The van der Waals surface area contributed by atoms with Gasteiger partial charge in [-0.25, -0.2) is 32.7 Å². The van der Waals surface area contributed by atoms with Crippen LogP contribution in [0.25, 0.3) is 22.3 Å². The number of unbranched alkanes of at least 4 members (excludes halogenated alkanes) is 1. The molecule has 28 heteroatoms. The fourth-order valence-electron chi connectivity index (χ4n) is 9.65. The summed E-state index contributed by atoms with van der Waals surface area (Å²) < 4.78 is 57.9. The molecule has 0 unspecified atom stereocenters. The van der Waals surface area contributed by atoms with Crippen molar-refractivity contribution in [3.63, 3.8) is 0 Å². The molecular weight excluding hydrogens is 1160 g/mol. The molecule has 0 aliphatic carbocycles. The molecule has 6 heterocycles. The zero-order valence-electron chi connectivity index (χ0n) is 49.1. The van der Waals surface area contributed by atoms with Crippen molar-refractivity contribution in [2.24, 2.45) is 0 Å². The van der Waals surface area contributed by atoms with Crippen LogP contribution in [0.4, 0.5) is 10.5 Å². The number of nitrogens with zero attached hydrogens (tertiary/aromatic N) is 7. The second kappa shape index (κ2) is 28.2. The summed E-state index contributed by atoms with van der Waals surface area (Å²) in [5, 5.41) is 19.9. The first-order valence-electron chi connectivity index (χ1n) is 27.8. The van der Waals surface area contributed by atoms with E-state index in [4.69, 9.17) is 40.9 Å². The molecule has 0 saturated heterocycles. The number of ether oxygens (including phenoxy) is 5. The van der Waals surface area contributed by atoms with Crippen LogP contribution in [0.15, 0.2) is 78.0 Å². The molecule has 6 aromatic rings. The van der Waals surface area contributed by atoms with E-state index in [1.165, 1.54) is 27.3 Å². The second-order valence-corrected chi connectivity index (χ2v) is 24.6. The van der Waals surface area contributed by atoms with E-state index >= 15 is 0 Å². The number of rotatable bonds is 26. The van der Waals surface area contributed by atoms with Crippen LogP contribution >= 0.6 is 12.2 Å². The van der Waals surface area contributed by atoms with E-state index in [-0.39, 0.29) is 62.5 Å². The SMILES string of the molecule is CC(C)N(CCc1c2c(nc3ccccc13)-c1cc3c(c(=O)n1C2)COC(=O)[C@H]3OC(=O)OCc1ccc(NC(=O)CNC(=O)COCC(=O)NC(C)(C)COC(C)(C)Cn2cc(CNC(=O)CCCC#Cc3cnc(=S)[nH]c3)nn2)cc1)S(C)(=O)=O. The van der Waals surface area contributed by atoms with Crippen LogP contribution < -0.4 is 26.8 Å². The summed E-state index contributed by atoms with van der Waals surface area (Å²) in [6.45, 7) is 9.84. The minimum Gasteiger partial charge on any atom is -0.458 e. The lowest BCUT2D eigenvalue weighted by atomic mass is 9.97. The highest BCUT2D eigenvalue weighted by Crippen LogP contribution is 2.39. The van der Waals surface area contributed by atoms with E-state index in [9.17, 15) is 42.0 Å². The van der Waals surface area contributed by atoms with Crippen molar-refractivity contribution in [3.8, 4) is 23.2 Å². The molecule has 4 aromatic heterocycles. The first kappa shape index (κ1) is 64.3. The molecule has 87 heavy (non-hydrogen) atoms. The van der Waals surface area contributed by atoms with Crippen LogP contribution in [-0.4, -0.2) is 139 Å². The monoisotopic (exact) mass is 1230 g/mol. The highest BCUT2D eigenvalue weighted by atomic mass is 32.2. The Morgan fingerprint density at radius 3 is 2.47 bits per heavy atom. The Balaban J connectivity index is 0.723. The van der Waals surface area contributed by atoms with Crippen molar-refractivity contribution in [1.82, 2.24) is 54.8 Å². The van der Waals surface area contributed by atoms with Gasteiger partial charge < -0.3 is 54.5 Å². The summed E-state index contributed by atoms with van der Waals surface area (Å²) in [6.07, 6.45) is 5.07. The predicted molar refractivity (Wildman–Crippen MR) is 318 cm³/mol. The van der Waals surface area contributed by atoms with E-state index < -0.39 is 82.4 Å². The topological polar surface area (TPSA) is 328 Å². The molecule has 26 nitrogen and oxygen atoms in total. The van der Waals surface area contributed by atoms with Gasteiger partial charge in [0, 0.05) is 60.0 Å². The maximum absolute atomic E-state index is 14.1. The van der Waals surface area contributed by atoms with Crippen LogP contribution in [0.1, 0.15) is 106 Å². The van der Waals surface area contributed by atoms with Gasteiger partial charge in [0.05, 0.1) is 84.4 Å². The average Bonchev–Trinajstić information content (AvgIpc) is 1.63. The van der Waals surface area contributed by atoms with Gasteiger partial charge in [-0.1, -0.05) is 47.4 Å². The number of aromatic nitrogens is 7. The minimum absolute atomic E-state index is 0.114. The number of sulfonamides is 1. The van der Waals surface area contributed by atoms with E-state index in [0.29, 0.717) is 76.4 Å². The molecule has 2 aromatic carbocycles. The number of esters is 1. The van der Waals surface area contributed by atoms with Crippen molar-refractivity contribution in [3.05, 3.63) is 127 Å². The van der Waals surface area contributed by atoms with Crippen LogP contribution in [0.3, 0.4) is 0 Å². The van der Waals surface area contributed by atoms with Crippen LogP contribution in [-0.2, 0) is 96.9 Å². The Bertz CT molecular complexity index is 3870. The zero-order chi connectivity index (χ0) is 62.6.